The summed E-state index contributed by atoms with van der Waals surface area (Å²) in [6.45, 7) is 0.626. The topological polar surface area (TPSA) is 75.4 Å². The van der Waals surface area contributed by atoms with Gasteiger partial charge in [0, 0.05) is 17.5 Å². The first-order valence-electron chi connectivity index (χ1n) is 5.50. The summed E-state index contributed by atoms with van der Waals surface area (Å²) in [6.07, 6.45) is 1.93. The second kappa shape index (κ2) is 4.55. The zero-order chi connectivity index (χ0) is 12.5. The van der Waals surface area contributed by atoms with Crippen LogP contribution in [0.2, 0.25) is 5.02 Å². The standard InChI is InChI=1S/C12H15ClN2O2/c13-9-2-1-8(5-10(9)14)11(17)15-6-12(7-16)3-4-12/h1-2,5,16H,3-4,6-7,14H2,(H,15,17). The molecule has 0 saturated heterocycles. The van der Waals surface area contributed by atoms with E-state index in [4.69, 9.17) is 22.4 Å². The van der Waals surface area contributed by atoms with Crippen molar-refractivity contribution in [2.75, 3.05) is 18.9 Å². The number of carbonyl (C=O) groups excluding carboxylic acids is 1. The summed E-state index contributed by atoms with van der Waals surface area (Å²) in [4.78, 5) is 11.8. The summed E-state index contributed by atoms with van der Waals surface area (Å²) in [5, 5.41) is 12.4. The Bertz CT molecular complexity index is 444. The van der Waals surface area contributed by atoms with Crippen molar-refractivity contribution in [3.8, 4) is 0 Å². The van der Waals surface area contributed by atoms with Gasteiger partial charge in [0.1, 0.15) is 0 Å². The van der Waals surface area contributed by atoms with Crippen LogP contribution in [0.1, 0.15) is 23.2 Å². The number of hydrogen-bond donors (Lipinski definition) is 3. The molecule has 17 heavy (non-hydrogen) atoms. The lowest BCUT2D eigenvalue weighted by Crippen LogP contribution is -2.31. The van der Waals surface area contributed by atoms with E-state index in [2.05, 4.69) is 5.32 Å². The molecule has 1 amide bonds. The maximum absolute atomic E-state index is 11.8. The summed E-state index contributed by atoms with van der Waals surface area (Å²) < 4.78 is 0. The monoisotopic (exact) mass is 254 g/mol. The van der Waals surface area contributed by atoms with Gasteiger partial charge in [0.05, 0.1) is 17.3 Å². The molecule has 1 fully saturated rings. The van der Waals surface area contributed by atoms with Crippen LogP contribution in [0.15, 0.2) is 18.2 Å². The third-order valence-electron chi connectivity index (χ3n) is 3.17. The number of halogens is 1. The quantitative estimate of drug-likeness (QED) is 0.712. The Morgan fingerprint density at radius 3 is 2.76 bits per heavy atom. The molecule has 4 N–H and O–H groups in total. The Kier molecular flexibility index (Phi) is 3.26. The van der Waals surface area contributed by atoms with Crippen molar-refractivity contribution in [1.29, 1.82) is 0 Å². The zero-order valence-electron chi connectivity index (χ0n) is 9.37. The minimum atomic E-state index is -0.187. The molecule has 1 aromatic carbocycles. The van der Waals surface area contributed by atoms with E-state index in [0.717, 1.165) is 12.8 Å². The molecular formula is C12H15ClN2O2. The van der Waals surface area contributed by atoms with E-state index in [9.17, 15) is 4.79 Å². The zero-order valence-corrected chi connectivity index (χ0v) is 10.1. The fourth-order valence-electron chi connectivity index (χ4n) is 1.62. The largest absolute Gasteiger partial charge is 0.398 e. The first kappa shape index (κ1) is 12.2. The number of nitrogens with two attached hydrogens (primary N) is 1. The fraction of sp³-hybridized carbons (Fsp3) is 0.417. The highest BCUT2D eigenvalue weighted by Gasteiger charge is 2.42. The number of nitrogens with one attached hydrogen (secondary N) is 1. The first-order chi connectivity index (χ1) is 8.06. The van der Waals surface area contributed by atoms with Crippen molar-refractivity contribution >= 4 is 23.2 Å². The Balaban J connectivity index is 1.97. The Morgan fingerprint density at radius 1 is 1.53 bits per heavy atom. The molecule has 0 bridgehead atoms. The molecule has 92 valence electrons. The minimum Gasteiger partial charge on any atom is -0.398 e. The van der Waals surface area contributed by atoms with Crippen LogP contribution in [0.25, 0.3) is 0 Å². The molecule has 0 radical (unpaired) electrons. The Morgan fingerprint density at radius 2 is 2.24 bits per heavy atom. The van der Waals surface area contributed by atoms with Crippen LogP contribution in [-0.4, -0.2) is 24.2 Å². The average molecular weight is 255 g/mol. The third-order valence-corrected chi connectivity index (χ3v) is 3.52. The number of nitrogen functional groups attached to an aromatic ring is 1. The fourth-order valence-corrected chi connectivity index (χ4v) is 1.74. The highest BCUT2D eigenvalue weighted by Crippen LogP contribution is 2.44. The molecule has 4 nitrogen and oxygen atoms in total. The van der Waals surface area contributed by atoms with Gasteiger partial charge in [-0.1, -0.05) is 11.6 Å². The molecule has 2 rings (SSSR count). The molecule has 0 unspecified atom stereocenters. The van der Waals surface area contributed by atoms with E-state index in [1.807, 2.05) is 0 Å². The molecule has 0 aromatic heterocycles. The van der Waals surface area contributed by atoms with Gasteiger partial charge in [0.25, 0.3) is 5.91 Å². The van der Waals surface area contributed by atoms with Gasteiger partial charge in [-0.3, -0.25) is 4.79 Å². The summed E-state index contributed by atoms with van der Waals surface area (Å²) in [6, 6.07) is 4.79. The molecule has 1 aliphatic rings. The number of hydrogen-bond acceptors (Lipinski definition) is 3. The first-order valence-corrected chi connectivity index (χ1v) is 5.88. The van der Waals surface area contributed by atoms with Gasteiger partial charge < -0.3 is 16.2 Å². The number of rotatable bonds is 4. The van der Waals surface area contributed by atoms with Crippen molar-refractivity contribution in [3.63, 3.8) is 0 Å². The number of anilines is 1. The Labute approximate surface area is 105 Å². The second-order valence-electron chi connectivity index (χ2n) is 4.58. The lowest BCUT2D eigenvalue weighted by atomic mass is 10.1. The Hall–Kier alpha value is -1.26. The summed E-state index contributed by atoms with van der Waals surface area (Å²) in [5.41, 5.74) is 6.42. The van der Waals surface area contributed by atoms with Gasteiger partial charge in [-0.05, 0) is 31.0 Å². The van der Waals surface area contributed by atoms with Crippen LogP contribution in [-0.2, 0) is 0 Å². The molecule has 0 aliphatic heterocycles. The molecular weight excluding hydrogens is 240 g/mol. The number of aliphatic hydroxyl groups is 1. The molecule has 0 spiro atoms. The van der Waals surface area contributed by atoms with Crippen molar-refractivity contribution in [3.05, 3.63) is 28.8 Å². The second-order valence-corrected chi connectivity index (χ2v) is 4.98. The van der Waals surface area contributed by atoms with Crippen LogP contribution >= 0.6 is 11.6 Å². The molecule has 0 atom stereocenters. The van der Waals surface area contributed by atoms with Crippen LogP contribution in [0, 0.1) is 5.41 Å². The summed E-state index contributed by atoms with van der Waals surface area (Å²) in [5.74, 6) is -0.187. The molecule has 5 heteroatoms. The number of benzene rings is 1. The van der Waals surface area contributed by atoms with Gasteiger partial charge in [0.15, 0.2) is 0 Å². The highest BCUT2D eigenvalue weighted by molar-refractivity contribution is 6.33. The van der Waals surface area contributed by atoms with E-state index in [1.165, 1.54) is 0 Å². The van der Waals surface area contributed by atoms with E-state index in [-0.39, 0.29) is 17.9 Å². The van der Waals surface area contributed by atoms with Gasteiger partial charge in [-0.2, -0.15) is 0 Å². The van der Waals surface area contributed by atoms with Gasteiger partial charge >= 0.3 is 0 Å². The number of aliphatic hydroxyl groups excluding tert-OH is 1. The SMILES string of the molecule is Nc1cc(C(=O)NCC2(CO)CC2)ccc1Cl. The van der Waals surface area contributed by atoms with Gasteiger partial charge in [0.2, 0.25) is 0 Å². The summed E-state index contributed by atoms with van der Waals surface area (Å²) in [7, 11) is 0. The van der Waals surface area contributed by atoms with E-state index in [0.29, 0.717) is 22.8 Å². The predicted octanol–water partition coefficient (Wildman–Crippen LogP) is 1.42. The number of amides is 1. The number of carbonyl (C=O) groups is 1. The lowest BCUT2D eigenvalue weighted by molar-refractivity contribution is 0.0935. The van der Waals surface area contributed by atoms with Crippen molar-refractivity contribution < 1.29 is 9.90 Å². The molecule has 1 saturated carbocycles. The highest BCUT2D eigenvalue weighted by atomic mass is 35.5. The predicted molar refractivity (Wildman–Crippen MR) is 67.0 cm³/mol. The van der Waals surface area contributed by atoms with Crippen LogP contribution < -0.4 is 11.1 Å². The van der Waals surface area contributed by atoms with Crippen LogP contribution in [0.4, 0.5) is 5.69 Å². The minimum absolute atomic E-state index is 0.0897. The molecule has 1 aliphatic carbocycles. The van der Waals surface area contributed by atoms with E-state index < -0.39 is 0 Å². The third kappa shape index (κ3) is 2.70. The van der Waals surface area contributed by atoms with Crippen molar-refractivity contribution in [2.45, 2.75) is 12.8 Å². The maximum atomic E-state index is 11.8. The summed E-state index contributed by atoms with van der Waals surface area (Å²) >= 11 is 5.78. The molecule has 1 aromatic rings. The normalized spacial score (nSPS) is 16.6. The average Bonchev–Trinajstić information content (AvgIpc) is 3.10. The van der Waals surface area contributed by atoms with E-state index >= 15 is 0 Å². The van der Waals surface area contributed by atoms with E-state index in [1.54, 1.807) is 18.2 Å². The smallest absolute Gasteiger partial charge is 0.251 e. The van der Waals surface area contributed by atoms with Gasteiger partial charge in [-0.25, -0.2) is 0 Å². The van der Waals surface area contributed by atoms with Crippen LogP contribution in [0.5, 0.6) is 0 Å². The van der Waals surface area contributed by atoms with Crippen molar-refractivity contribution in [1.82, 2.24) is 5.32 Å². The van der Waals surface area contributed by atoms with Crippen LogP contribution in [0.3, 0.4) is 0 Å². The lowest BCUT2D eigenvalue weighted by Gasteiger charge is -2.13. The maximum Gasteiger partial charge on any atom is 0.251 e. The van der Waals surface area contributed by atoms with Crippen molar-refractivity contribution in [2.24, 2.45) is 5.41 Å². The van der Waals surface area contributed by atoms with Gasteiger partial charge in [-0.15, -0.1) is 0 Å². The molecule has 0 heterocycles.